The molecule has 9 nitrogen and oxygen atoms in total. The highest BCUT2D eigenvalue weighted by atomic mass is 32.2. The molecule has 1 aliphatic rings. The highest BCUT2D eigenvalue weighted by Gasteiger charge is 2.26. The van der Waals surface area contributed by atoms with Crippen LogP contribution >= 0.6 is 0 Å². The lowest BCUT2D eigenvalue weighted by Gasteiger charge is -2.20. The van der Waals surface area contributed by atoms with Crippen molar-refractivity contribution in [3.05, 3.63) is 125 Å². The van der Waals surface area contributed by atoms with E-state index >= 15 is 0 Å². The van der Waals surface area contributed by atoms with Crippen molar-refractivity contribution in [2.75, 3.05) is 30.8 Å². The number of anilines is 2. The second-order valence-corrected chi connectivity index (χ2v) is 12.7. The number of hydrogen-bond donors (Lipinski definition) is 2. The number of benzene rings is 4. The smallest absolute Gasteiger partial charge is 0.257 e. The zero-order valence-electron chi connectivity index (χ0n) is 24.4. The third-order valence-corrected chi connectivity index (χ3v) is 9.27. The topological polar surface area (TPSA) is 122 Å². The van der Waals surface area contributed by atoms with Crippen molar-refractivity contribution in [1.29, 1.82) is 0 Å². The number of carbonyl (C=O) groups excluding carboxylic acids is 3. The molecule has 4 aromatic carbocycles. The number of hydrogen-bond acceptors (Lipinski definition) is 6. The van der Waals surface area contributed by atoms with Gasteiger partial charge in [0.25, 0.3) is 11.8 Å². The molecule has 2 N–H and O–H groups in total. The monoisotopic (exact) mass is 611 g/mol. The van der Waals surface area contributed by atoms with Crippen LogP contribution < -0.4 is 10.6 Å². The number of carbonyl (C=O) groups is 3. The van der Waals surface area contributed by atoms with Gasteiger partial charge in [0.1, 0.15) is 0 Å². The molecule has 44 heavy (non-hydrogen) atoms. The fourth-order valence-electron chi connectivity index (χ4n) is 5.01. The molecule has 0 spiro atoms. The normalized spacial score (nSPS) is 14.8. The Balaban J connectivity index is 1.31. The minimum atomic E-state index is -3.76. The third-order valence-electron chi connectivity index (χ3n) is 7.43. The fourth-order valence-corrected chi connectivity index (χ4v) is 6.21. The minimum absolute atomic E-state index is 0.0632. The molecule has 1 fully saturated rings. The lowest BCUT2D eigenvalue weighted by molar-refractivity contribution is 0.0978. The first-order valence-electron chi connectivity index (χ1n) is 14.2. The molecular formula is C34H33N3O6S. The van der Waals surface area contributed by atoms with Gasteiger partial charge in [-0.2, -0.15) is 4.31 Å². The Labute approximate surface area is 256 Å². The van der Waals surface area contributed by atoms with Gasteiger partial charge in [0.05, 0.1) is 27.9 Å². The van der Waals surface area contributed by atoms with Gasteiger partial charge in [-0.05, 0) is 68.3 Å². The second-order valence-electron chi connectivity index (χ2n) is 10.6. The molecule has 10 heteroatoms. The number of ether oxygens (including phenoxy) is 1. The number of ketones is 1. The van der Waals surface area contributed by atoms with Gasteiger partial charge in [-0.1, -0.05) is 54.1 Å². The van der Waals surface area contributed by atoms with Crippen LogP contribution in [0.1, 0.15) is 55.0 Å². The molecule has 1 unspecified atom stereocenters. The number of aryl methyl sites for hydroxylation is 1. The average Bonchev–Trinajstić information content (AvgIpc) is 3.55. The molecule has 0 radical (unpaired) electrons. The number of amides is 2. The van der Waals surface area contributed by atoms with Gasteiger partial charge in [0.15, 0.2) is 5.78 Å². The highest BCUT2D eigenvalue weighted by molar-refractivity contribution is 7.89. The number of nitrogens with zero attached hydrogens (tertiary/aromatic N) is 1. The summed E-state index contributed by atoms with van der Waals surface area (Å²) in [5, 5.41) is 5.58. The van der Waals surface area contributed by atoms with E-state index in [1.807, 2.05) is 13.0 Å². The Hall–Kier alpha value is -4.64. The molecule has 0 aliphatic carbocycles. The molecule has 5 rings (SSSR count). The third kappa shape index (κ3) is 6.94. The molecule has 1 saturated heterocycles. The van der Waals surface area contributed by atoms with Crippen LogP contribution in [0.15, 0.2) is 102 Å². The van der Waals surface area contributed by atoms with Gasteiger partial charge >= 0.3 is 0 Å². The van der Waals surface area contributed by atoms with E-state index in [-0.39, 0.29) is 40.1 Å². The molecule has 1 heterocycles. The van der Waals surface area contributed by atoms with Crippen LogP contribution in [0.4, 0.5) is 11.4 Å². The summed E-state index contributed by atoms with van der Waals surface area (Å²) in [5.41, 5.74) is 2.72. The maximum atomic E-state index is 13.4. The Morgan fingerprint density at radius 1 is 0.795 bits per heavy atom. The summed E-state index contributed by atoms with van der Waals surface area (Å²) in [4.78, 5) is 39.9. The van der Waals surface area contributed by atoms with Gasteiger partial charge in [-0.15, -0.1) is 0 Å². The molecule has 0 saturated carbocycles. The van der Waals surface area contributed by atoms with E-state index in [0.29, 0.717) is 23.4 Å². The van der Waals surface area contributed by atoms with Crippen LogP contribution in [0.25, 0.3) is 0 Å². The van der Waals surface area contributed by atoms with Crippen molar-refractivity contribution < 1.29 is 27.5 Å². The zero-order valence-corrected chi connectivity index (χ0v) is 25.3. The lowest BCUT2D eigenvalue weighted by Crippen LogP contribution is -2.34. The Kier molecular flexibility index (Phi) is 9.34. The van der Waals surface area contributed by atoms with Gasteiger partial charge in [-0.3, -0.25) is 14.4 Å². The molecule has 0 bridgehead atoms. The van der Waals surface area contributed by atoms with Crippen LogP contribution in [0.3, 0.4) is 0 Å². The van der Waals surface area contributed by atoms with Crippen LogP contribution in [-0.2, 0) is 14.8 Å². The fraction of sp³-hybridized carbons (Fsp3) is 0.206. The summed E-state index contributed by atoms with van der Waals surface area (Å²) in [6.07, 6.45) is 1.60. The Morgan fingerprint density at radius 2 is 1.45 bits per heavy atom. The predicted octanol–water partition coefficient (Wildman–Crippen LogP) is 5.53. The van der Waals surface area contributed by atoms with Crippen molar-refractivity contribution in [3.8, 4) is 0 Å². The quantitative estimate of drug-likeness (QED) is 0.228. The first-order valence-corrected chi connectivity index (χ1v) is 15.7. The number of rotatable bonds is 10. The van der Waals surface area contributed by atoms with Crippen molar-refractivity contribution in [1.82, 2.24) is 4.31 Å². The van der Waals surface area contributed by atoms with Crippen molar-refractivity contribution in [3.63, 3.8) is 0 Å². The lowest BCUT2D eigenvalue weighted by atomic mass is 9.99. The first kappa shape index (κ1) is 30.8. The predicted molar refractivity (Wildman–Crippen MR) is 169 cm³/mol. The van der Waals surface area contributed by atoms with Crippen LogP contribution in [0.5, 0.6) is 0 Å². The van der Waals surface area contributed by atoms with E-state index < -0.39 is 21.8 Å². The minimum Gasteiger partial charge on any atom is -0.377 e. The summed E-state index contributed by atoms with van der Waals surface area (Å²) < 4.78 is 32.9. The maximum absolute atomic E-state index is 13.4. The molecular weight excluding hydrogens is 578 g/mol. The standard InChI is InChI=1S/C34H33N3O6S/c1-23-14-19-31(29(21-23)32(38)24-9-4-3-5-10-24)36-34(40)28-12-6-7-13-30(28)35-33(39)25-15-17-27(18-16-25)44(41,42)37(2)22-26-11-8-20-43-26/h3-7,9-10,12-19,21,26H,8,11,20,22H2,1-2H3,(H,35,39)(H,36,40). The summed E-state index contributed by atoms with van der Waals surface area (Å²) in [6.45, 7) is 2.76. The summed E-state index contributed by atoms with van der Waals surface area (Å²) in [6, 6.07) is 26.2. The van der Waals surface area contributed by atoms with Gasteiger partial charge in [0.2, 0.25) is 10.0 Å². The largest absolute Gasteiger partial charge is 0.377 e. The Bertz CT molecular complexity index is 1780. The average molecular weight is 612 g/mol. The van der Waals surface area contributed by atoms with E-state index in [9.17, 15) is 22.8 Å². The molecule has 226 valence electrons. The van der Waals surface area contributed by atoms with Gasteiger partial charge in [-0.25, -0.2) is 8.42 Å². The van der Waals surface area contributed by atoms with Crippen molar-refractivity contribution in [2.24, 2.45) is 0 Å². The summed E-state index contributed by atoms with van der Waals surface area (Å²) >= 11 is 0. The second kappa shape index (κ2) is 13.3. The number of para-hydroxylation sites is 1. The van der Waals surface area contributed by atoms with Crippen LogP contribution in [-0.4, -0.2) is 56.6 Å². The van der Waals surface area contributed by atoms with E-state index in [0.717, 1.165) is 18.4 Å². The van der Waals surface area contributed by atoms with Gasteiger partial charge < -0.3 is 15.4 Å². The zero-order chi connectivity index (χ0) is 31.3. The maximum Gasteiger partial charge on any atom is 0.257 e. The van der Waals surface area contributed by atoms with Crippen molar-refractivity contribution in [2.45, 2.75) is 30.8 Å². The van der Waals surface area contributed by atoms with E-state index in [1.54, 1.807) is 66.7 Å². The molecule has 2 amide bonds. The van der Waals surface area contributed by atoms with Crippen molar-refractivity contribution >= 4 is 39.0 Å². The molecule has 4 aromatic rings. The number of sulfonamides is 1. The van der Waals surface area contributed by atoms with Crippen LogP contribution in [0.2, 0.25) is 0 Å². The summed E-state index contributed by atoms with van der Waals surface area (Å²) in [5.74, 6) is -1.26. The molecule has 1 atom stereocenters. The van der Waals surface area contributed by atoms with Crippen LogP contribution in [0, 0.1) is 6.92 Å². The summed E-state index contributed by atoms with van der Waals surface area (Å²) in [7, 11) is -2.25. The SMILES string of the molecule is Cc1ccc(NC(=O)c2ccccc2NC(=O)c2ccc(S(=O)(=O)N(C)CC3CCCO3)cc2)c(C(=O)c2ccccc2)c1. The van der Waals surface area contributed by atoms with E-state index in [4.69, 9.17) is 4.74 Å². The first-order chi connectivity index (χ1) is 21.1. The Morgan fingerprint density at radius 3 is 2.16 bits per heavy atom. The van der Waals surface area contributed by atoms with Gasteiger partial charge in [0, 0.05) is 36.9 Å². The van der Waals surface area contributed by atoms with E-state index in [2.05, 4.69) is 10.6 Å². The highest BCUT2D eigenvalue weighted by Crippen LogP contribution is 2.25. The number of likely N-dealkylation sites (N-methyl/N-ethyl adjacent to an activating group) is 1. The number of nitrogens with one attached hydrogen (secondary N) is 2. The molecule has 0 aromatic heterocycles. The van der Waals surface area contributed by atoms with E-state index in [1.165, 1.54) is 35.6 Å². The molecule has 1 aliphatic heterocycles.